The Kier molecular flexibility index (Phi) is 4.63. The molecule has 14 heavy (non-hydrogen) atoms. The van der Waals surface area contributed by atoms with Crippen LogP contribution in [0.1, 0.15) is 25.8 Å². The lowest BCUT2D eigenvalue weighted by atomic mass is 10.2. The first-order valence-electron chi connectivity index (χ1n) is 5.02. The summed E-state index contributed by atoms with van der Waals surface area (Å²) in [6, 6.07) is 10.1. The Balaban J connectivity index is 2.27. The summed E-state index contributed by atoms with van der Waals surface area (Å²) in [5.41, 5.74) is 1.17. The highest BCUT2D eigenvalue weighted by Crippen LogP contribution is 2.07. The molecule has 1 aromatic rings. The molecular formula is C12H18O2. The van der Waals surface area contributed by atoms with Crippen LogP contribution < -0.4 is 0 Å². The van der Waals surface area contributed by atoms with Crippen LogP contribution in [-0.2, 0) is 11.3 Å². The van der Waals surface area contributed by atoms with Gasteiger partial charge in [-0.1, -0.05) is 30.3 Å². The lowest BCUT2D eigenvalue weighted by Gasteiger charge is -2.14. The van der Waals surface area contributed by atoms with Gasteiger partial charge < -0.3 is 9.84 Å². The average molecular weight is 194 g/mol. The molecule has 0 spiro atoms. The number of hydrogen-bond donors (Lipinski definition) is 1. The molecule has 1 aromatic carbocycles. The van der Waals surface area contributed by atoms with E-state index in [9.17, 15) is 0 Å². The Labute approximate surface area is 85.5 Å². The van der Waals surface area contributed by atoms with Gasteiger partial charge in [-0.05, 0) is 25.8 Å². The van der Waals surface area contributed by atoms with Gasteiger partial charge in [0.1, 0.15) is 0 Å². The Bertz CT molecular complexity index is 244. The molecule has 1 N–H and O–H groups in total. The van der Waals surface area contributed by atoms with E-state index in [1.807, 2.05) is 37.3 Å². The van der Waals surface area contributed by atoms with Crippen LogP contribution in [0.2, 0.25) is 0 Å². The second-order valence-electron chi connectivity index (χ2n) is 3.69. The van der Waals surface area contributed by atoms with E-state index in [0.29, 0.717) is 13.0 Å². The van der Waals surface area contributed by atoms with Gasteiger partial charge in [0.25, 0.3) is 0 Å². The van der Waals surface area contributed by atoms with Crippen molar-refractivity contribution in [3.05, 3.63) is 35.9 Å². The highest BCUT2D eigenvalue weighted by Gasteiger charge is 2.05. The smallest absolute Gasteiger partial charge is 0.0720 e. The standard InChI is InChI=1S/C12H18O2/c1-10(13)8-11(2)14-9-12-6-4-3-5-7-12/h3-7,10-11,13H,8-9H2,1-2H3/t10-,11+/m1/s1. The van der Waals surface area contributed by atoms with Crippen molar-refractivity contribution in [2.75, 3.05) is 0 Å². The zero-order chi connectivity index (χ0) is 10.4. The number of aliphatic hydroxyl groups excluding tert-OH is 1. The third-order valence-electron chi connectivity index (χ3n) is 2.05. The zero-order valence-electron chi connectivity index (χ0n) is 8.81. The molecule has 2 atom stereocenters. The molecule has 0 fully saturated rings. The van der Waals surface area contributed by atoms with E-state index in [-0.39, 0.29) is 12.2 Å². The van der Waals surface area contributed by atoms with E-state index in [1.165, 1.54) is 5.56 Å². The summed E-state index contributed by atoms with van der Waals surface area (Å²) in [5.74, 6) is 0. The molecular weight excluding hydrogens is 176 g/mol. The van der Waals surface area contributed by atoms with E-state index in [2.05, 4.69) is 0 Å². The first-order valence-corrected chi connectivity index (χ1v) is 5.02. The van der Waals surface area contributed by atoms with E-state index in [0.717, 1.165) is 0 Å². The second kappa shape index (κ2) is 5.78. The number of ether oxygens (including phenoxy) is 1. The molecule has 0 unspecified atom stereocenters. The number of hydrogen-bond acceptors (Lipinski definition) is 2. The molecule has 0 amide bonds. The maximum atomic E-state index is 9.14. The molecule has 2 nitrogen and oxygen atoms in total. The van der Waals surface area contributed by atoms with Crippen molar-refractivity contribution in [3.63, 3.8) is 0 Å². The maximum Gasteiger partial charge on any atom is 0.0720 e. The van der Waals surface area contributed by atoms with Crippen molar-refractivity contribution >= 4 is 0 Å². The third-order valence-corrected chi connectivity index (χ3v) is 2.05. The Morgan fingerprint density at radius 3 is 2.43 bits per heavy atom. The molecule has 0 aliphatic rings. The van der Waals surface area contributed by atoms with Gasteiger partial charge in [-0.3, -0.25) is 0 Å². The molecule has 0 saturated heterocycles. The molecule has 0 saturated carbocycles. The summed E-state index contributed by atoms with van der Waals surface area (Å²) in [4.78, 5) is 0. The first-order chi connectivity index (χ1) is 6.68. The molecule has 0 aromatic heterocycles. The fraction of sp³-hybridized carbons (Fsp3) is 0.500. The fourth-order valence-corrected chi connectivity index (χ4v) is 1.36. The lowest BCUT2D eigenvalue weighted by Crippen LogP contribution is -2.15. The summed E-state index contributed by atoms with van der Waals surface area (Å²) in [7, 11) is 0. The van der Waals surface area contributed by atoms with Gasteiger partial charge in [0.2, 0.25) is 0 Å². The van der Waals surface area contributed by atoms with E-state index in [4.69, 9.17) is 9.84 Å². The molecule has 1 rings (SSSR count). The highest BCUT2D eigenvalue weighted by atomic mass is 16.5. The van der Waals surface area contributed by atoms with Crippen molar-refractivity contribution in [1.82, 2.24) is 0 Å². The maximum absolute atomic E-state index is 9.14. The summed E-state index contributed by atoms with van der Waals surface area (Å²) in [6.45, 7) is 4.38. The van der Waals surface area contributed by atoms with Crippen LogP contribution >= 0.6 is 0 Å². The van der Waals surface area contributed by atoms with Crippen LogP contribution in [0.4, 0.5) is 0 Å². The van der Waals surface area contributed by atoms with Crippen LogP contribution in [0.3, 0.4) is 0 Å². The fourth-order valence-electron chi connectivity index (χ4n) is 1.36. The molecule has 0 aliphatic heterocycles. The first kappa shape index (κ1) is 11.2. The second-order valence-corrected chi connectivity index (χ2v) is 3.69. The van der Waals surface area contributed by atoms with Gasteiger partial charge in [-0.15, -0.1) is 0 Å². The largest absolute Gasteiger partial charge is 0.393 e. The summed E-state index contributed by atoms with van der Waals surface area (Å²) < 4.78 is 5.58. The number of rotatable bonds is 5. The highest BCUT2D eigenvalue weighted by molar-refractivity contribution is 5.13. The minimum Gasteiger partial charge on any atom is -0.393 e. The molecule has 0 radical (unpaired) electrons. The van der Waals surface area contributed by atoms with E-state index < -0.39 is 0 Å². The monoisotopic (exact) mass is 194 g/mol. The molecule has 0 bridgehead atoms. The van der Waals surface area contributed by atoms with Gasteiger partial charge in [-0.2, -0.15) is 0 Å². The van der Waals surface area contributed by atoms with Crippen LogP contribution in [0.15, 0.2) is 30.3 Å². The van der Waals surface area contributed by atoms with Gasteiger partial charge in [0.05, 0.1) is 18.8 Å². The average Bonchev–Trinajstić information content (AvgIpc) is 2.15. The van der Waals surface area contributed by atoms with Crippen molar-refractivity contribution in [2.45, 2.75) is 39.1 Å². The molecule has 78 valence electrons. The number of aliphatic hydroxyl groups is 1. The quantitative estimate of drug-likeness (QED) is 0.779. The van der Waals surface area contributed by atoms with Crippen molar-refractivity contribution < 1.29 is 9.84 Å². The van der Waals surface area contributed by atoms with Gasteiger partial charge in [0.15, 0.2) is 0 Å². The lowest BCUT2D eigenvalue weighted by molar-refractivity contribution is 0.0191. The summed E-state index contributed by atoms with van der Waals surface area (Å²) >= 11 is 0. The van der Waals surface area contributed by atoms with E-state index >= 15 is 0 Å². The summed E-state index contributed by atoms with van der Waals surface area (Å²) in [5, 5.41) is 9.14. The predicted octanol–water partition coefficient (Wildman–Crippen LogP) is 2.36. The van der Waals surface area contributed by atoms with Crippen LogP contribution in [0, 0.1) is 0 Å². The van der Waals surface area contributed by atoms with Crippen molar-refractivity contribution in [1.29, 1.82) is 0 Å². The van der Waals surface area contributed by atoms with Gasteiger partial charge >= 0.3 is 0 Å². The van der Waals surface area contributed by atoms with Crippen LogP contribution in [0.25, 0.3) is 0 Å². The Morgan fingerprint density at radius 2 is 1.86 bits per heavy atom. The SMILES string of the molecule is C[C@@H](O)C[C@H](C)OCc1ccccc1. The minimum absolute atomic E-state index is 0.107. The van der Waals surface area contributed by atoms with Crippen LogP contribution in [0.5, 0.6) is 0 Å². The third kappa shape index (κ3) is 4.40. The summed E-state index contributed by atoms with van der Waals surface area (Å²) in [6.07, 6.45) is 0.503. The molecule has 0 aliphatic carbocycles. The van der Waals surface area contributed by atoms with Crippen molar-refractivity contribution in [3.8, 4) is 0 Å². The van der Waals surface area contributed by atoms with Crippen molar-refractivity contribution in [2.24, 2.45) is 0 Å². The van der Waals surface area contributed by atoms with Gasteiger partial charge in [0, 0.05) is 0 Å². The molecule has 0 heterocycles. The topological polar surface area (TPSA) is 29.5 Å². The predicted molar refractivity (Wildman–Crippen MR) is 57.0 cm³/mol. The zero-order valence-corrected chi connectivity index (χ0v) is 8.81. The normalized spacial score (nSPS) is 15.1. The Hall–Kier alpha value is -0.860. The van der Waals surface area contributed by atoms with E-state index in [1.54, 1.807) is 6.92 Å². The van der Waals surface area contributed by atoms with Gasteiger partial charge in [-0.25, -0.2) is 0 Å². The number of benzene rings is 1. The molecule has 2 heteroatoms. The Morgan fingerprint density at radius 1 is 1.21 bits per heavy atom. The minimum atomic E-state index is -0.291. The van der Waals surface area contributed by atoms with Crippen LogP contribution in [-0.4, -0.2) is 17.3 Å².